The number of amides is 1. The van der Waals surface area contributed by atoms with Gasteiger partial charge in [0.1, 0.15) is 5.41 Å². The number of hydrogen-bond acceptors (Lipinski definition) is 4. The summed E-state index contributed by atoms with van der Waals surface area (Å²) in [4.78, 5) is 38.6. The Balaban J connectivity index is 3.10. The van der Waals surface area contributed by atoms with Crippen LogP contribution in [0.1, 0.15) is 33.1 Å². The predicted octanol–water partition coefficient (Wildman–Crippen LogP) is 0.0958. The topological polar surface area (TPSA) is 109 Å². The van der Waals surface area contributed by atoms with Crippen molar-refractivity contribution < 1.29 is 23.9 Å². The smallest absolute Gasteiger partial charge is 0.442 e. The molecule has 0 saturated carbocycles. The maximum absolute atomic E-state index is 12.4. The Morgan fingerprint density at radius 2 is 2.16 bits per heavy atom. The Kier molecular flexibility index (Phi) is 4.94. The highest BCUT2D eigenvalue weighted by atomic mass is 16.5. The molecule has 0 aromatic carbocycles. The van der Waals surface area contributed by atoms with E-state index in [1.165, 1.54) is 0 Å². The van der Waals surface area contributed by atoms with Gasteiger partial charge < -0.3 is 15.6 Å². The summed E-state index contributed by atoms with van der Waals surface area (Å²) in [6.07, 6.45) is 1.19. The molecular formula is C12H17N3O4. The normalized spacial score (nSPS) is 22.1. The van der Waals surface area contributed by atoms with Crippen LogP contribution in [-0.4, -0.2) is 41.3 Å². The van der Waals surface area contributed by atoms with Gasteiger partial charge in [0.2, 0.25) is 5.91 Å². The molecule has 1 atom stereocenters. The summed E-state index contributed by atoms with van der Waals surface area (Å²) in [5.74, 6) is -2.23. The molecule has 1 saturated heterocycles. The fourth-order valence-corrected chi connectivity index (χ4v) is 2.19. The Morgan fingerprint density at radius 1 is 1.47 bits per heavy atom. The molecule has 0 aromatic heterocycles. The lowest BCUT2D eigenvalue weighted by molar-refractivity contribution is -0.147. The van der Waals surface area contributed by atoms with Crippen molar-refractivity contribution in [2.75, 3.05) is 13.2 Å². The molecule has 1 aliphatic heterocycles. The molecule has 1 heterocycles. The van der Waals surface area contributed by atoms with Gasteiger partial charge in [-0.15, -0.1) is 0 Å². The van der Waals surface area contributed by atoms with Gasteiger partial charge in [0.05, 0.1) is 6.61 Å². The van der Waals surface area contributed by atoms with Gasteiger partial charge in [-0.2, -0.15) is 4.79 Å². The molecule has 1 unspecified atom stereocenters. The van der Waals surface area contributed by atoms with Gasteiger partial charge in [-0.25, -0.2) is 4.79 Å². The highest BCUT2D eigenvalue weighted by Gasteiger charge is 2.52. The molecule has 1 rings (SSSR count). The van der Waals surface area contributed by atoms with E-state index >= 15 is 0 Å². The Morgan fingerprint density at radius 3 is 2.63 bits per heavy atom. The number of esters is 1. The highest BCUT2D eigenvalue weighted by Crippen LogP contribution is 2.32. The van der Waals surface area contributed by atoms with Crippen LogP contribution in [0.5, 0.6) is 0 Å². The van der Waals surface area contributed by atoms with Gasteiger partial charge >= 0.3 is 11.7 Å². The van der Waals surface area contributed by atoms with Gasteiger partial charge in [-0.05, 0) is 26.2 Å². The molecule has 0 bridgehead atoms. The lowest BCUT2D eigenvalue weighted by Gasteiger charge is -2.31. The lowest BCUT2D eigenvalue weighted by Crippen LogP contribution is -2.53. The van der Waals surface area contributed by atoms with Crippen molar-refractivity contribution in [3.8, 4) is 0 Å². The van der Waals surface area contributed by atoms with Gasteiger partial charge in [0, 0.05) is 6.54 Å². The van der Waals surface area contributed by atoms with E-state index in [9.17, 15) is 14.4 Å². The van der Waals surface area contributed by atoms with E-state index in [1.54, 1.807) is 13.8 Å². The second-order valence-corrected chi connectivity index (χ2v) is 4.29. The highest BCUT2D eigenvalue weighted by molar-refractivity contribution is 6.64. The number of carbonyl (C=O) groups excluding carboxylic acids is 3. The van der Waals surface area contributed by atoms with Crippen LogP contribution in [0.4, 0.5) is 0 Å². The zero-order chi connectivity index (χ0) is 14.5. The molecule has 104 valence electrons. The molecule has 0 aromatic rings. The van der Waals surface area contributed by atoms with Crippen molar-refractivity contribution in [2.24, 2.45) is 5.41 Å². The molecule has 19 heavy (non-hydrogen) atoms. The summed E-state index contributed by atoms with van der Waals surface area (Å²) < 4.78 is 4.65. The molecule has 0 radical (unpaired) electrons. The van der Waals surface area contributed by atoms with E-state index in [4.69, 9.17) is 5.53 Å². The first-order valence-corrected chi connectivity index (χ1v) is 6.25. The minimum atomic E-state index is -1.34. The van der Waals surface area contributed by atoms with Gasteiger partial charge in [0.25, 0.3) is 5.78 Å². The molecule has 0 spiro atoms. The quantitative estimate of drug-likeness (QED) is 0.250. The Bertz CT molecular complexity index is 454. The fourth-order valence-electron chi connectivity index (χ4n) is 2.19. The van der Waals surface area contributed by atoms with Crippen molar-refractivity contribution in [2.45, 2.75) is 33.1 Å². The zero-order valence-electron chi connectivity index (χ0n) is 11.1. The molecule has 7 heteroatoms. The van der Waals surface area contributed by atoms with E-state index in [2.05, 4.69) is 14.8 Å². The van der Waals surface area contributed by atoms with E-state index < -0.39 is 28.8 Å². The van der Waals surface area contributed by atoms with Crippen LogP contribution < -0.4 is 5.32 Å². The second kappa shape index (κ2) is 6.24. The maximum Gasteiger partial charge on any atom is 0.442 e. The third-order valence-electron chi connectivity index (χ3n) is 3.32. The standard InChI is InChI=1S/C12H17N3O4/c1-3-12(6-5-7-14-11(12)18)9(16)8(15-13)10(17)19-4-2/h3-7H2,1-2H3,(H,14,18). The summed E-state index contributed by atoms with van der Waals surface area (Å²) >= 11 is 0. The summed E-state index contributed by atoms with van der Waals surface area (Å²) in [7, 11) is 0. The first kappa shape index (κ1) is 15.0. The number of nitrogens with one attached hydrogen (secondary N) is 1. The van der Waals surface area contributed by atoms with Gasteiger partial charge in [-0.1, -0.05) is 6.92 Å². The molecular weight excluding hydrogens is 250 g/mol. The fraction of sp³-hybridized carbons (Fsp3) is 0.667. The van der Waals surface area contributed by atoms with Crippen molar-refractivity contribution in [1.29, 1.82) is 0 Å². The molecule has 1 aliphatic rings. The molecule has 1 amide bonds. The van der Waals surface area contributed by atoms with Crippen molar-refractivity contribution >= 4 is 23.4 Å². The largest absolute Gasteiger partial charge is 0.457 e. The summed E-state index contributed by atoms with van der Waals surface area (Å²) in [6.45, 7) is 3.80. The van der Waals surface area contributed by atoms with E-state index in [0.29, 0.717) is 19.4 Å². The van der Waals surface area contributed by atoms with Gasteiger partial charge in [-0.3, -0.25) is 9.59 Å². The summed E-state index contributed by atoms with van der Waals surface area (Å²) in [6, 6.07) is 0. The van der Waals surface area contributed by atoms with Crippen LogP contribution in [-0.2, 0) is 19.1 Å². The number of ketones is 1. The van der Waals surface area contributed by atoms with Crippen LogP contribution in [0.2, 0.25) is 0 Å². The maximum atomic E-state index is 12.4. The van der Waals surface area contributed by atoms with Crippen LogP contribution in [0.25, 0.3) is 5.53 Å². The van der Waals surface area contributed by atoms with Crippen molar-refractivity contribution in [3.63, 3.8) is 0 Å². The minimum absolute atomic E-state index is 0.0520. The molecule has 7 nitrogen and oxygen atoms in total. The lowest BCUT2D eigenvalue weighted by atomic mass is 9.72. The van der Waals surface area contributed by atoms with Crippen molar-refractivity contribution in [3.05, 3.63) is 5.53 Å². The number of carbonyl (C=O) groups is 3. The number of nitrogens with zero attached hydrogens (tertiary/aromatic N) is 2. The minimum Gasteiger partial charge on any atom is -0.457 e. The first-order valence-electron chi connectivity index (χ1n) is 6.25. The third kappa shape index (κ3) is 2.71. The monoisotopic (exact) mass is 267 g/mol. The first-order chi connectivity index (χ1) is 9.03. The third-order valence-corrected chi connectivity index (χ3v) is 3.32. The summed E-state index contributed by atoms with van der Waals surface area (Å²) in [5, 5.41) is 2.61. The number of ether oxygens (including phenoxy) is 1. The zero-order valence-corrected chi connectivity index (χ0v) is 11.1. The van der Waals surface area contributed by atoms with E-state index in [1.807, 2.05) is 0 Å². The SMILES string of the molecule is CCOC(=O)C(=[N+]=[N-])C(=O)C1(CC)CCCNC1=O. The van der Waals surface area contributed by atoms with Crippen LogP contribution >= 0.6 is 0 Å². The number of rotatable bonds is 5. The second-order valence-electron chi connectivity index (χ2n) is 4.29. The average molecular weight is 267 g/mol. The molecule has 0 aliphatic carbocycles. The Hall–Kier alpha value is -2.01. The number of hydrogen-bond donors (Lipinski definition) is 1. The van der Waals surface area contributed by atoms with Crippen molar-refractivity contribution in [1.82, 2.24) is 5.32 Å². The molecule has 1 N–H and O–H groups in total. The van der Waals surface area contributed by atoms with E-state index in [-0.39, 0.29) is 13.0 Å². The van der Waals surface area contributed by atoms with Crippen LogP contribution in [0.15, 0.2) is 0 Å². The van der Waals surface area contributed by atoms with Gasteiger partial charge in [0.15, 0.2) is 0 Å². The summed E-state index contributed by atoms with van der Waals surface area (Å²) in [5.41, 5.74) is 6.79. The molecule has 1 fully saturated rings. The van der Waals surface area contributed by atoms with Crippen LogP contribution in [0, 0.1) is 5.41 Å². The number of piperidine rings is 1. The average Bonchev–Trinajstić information content (AvgIpc) is 2.40. The van der Waals surface area contributed by atoms with E-state index in [0.717, 1.165) is 0 Å². The number of Topliss-reactive ketones (excluding diaryl/α,β-unsaturated/α-hetero) is 1. The predicted molar refractivity (Wildman–Crippen MR) is 65.2 cm³/mol. The van der Waals surface area contributed by atoms with Crippen LogP contribution in [0.3, 0.4) is 0 Å². The Labute approximate surface area is 110 Å².